The van der Waals surface area contributed by atoms with Crippen LogP contribution in [0.25, 0.3) is 0 Å². The molecule has 18 heavy (non-hydrogen) atoms. The number of ether oxygens (including phenoxy) is 1. The highest BCUT2D eigenvalue weighted by Gasteiger charge is 2.27. The molecule has 4 heteroatoms. The maximum absolute atomic E-state index is 11.8. The van der Waals surface area contributed by atoms with Crippen molar-refractivity contribution in [3.05, 3.63) is 0 Å². The van der Waals surface area contributed by atoms with Gasteiger partial charge in [0.25, 0.3) is 0 Å². The average Bonchev–Trinajstić information content (AvgIpc) is 2.29. The number of carbonyl (C=O) groups is 1. The lowest BCUT2D eigenvalue weighted by Crippen LogP contribution is -2.28. The minimum absolute atomic E-state index is 0. The molecule has 0 aliphatic heterocycles. The van der Waals surface area contributed by atoms with Crippen LogP contribution >= 0.6 is 12.4 Å². The van der Waals surface area contributed by atoms with Gasteiger partial charge >= 0.3 is 5.97 Å². The quantitative estimate of drug-likeness (QED) is 0.478. The van der Waals surface area contributed by atoms with Crippen LogP contribution in [0.15, 0.2) is 0 Å². The predicted octanol–water partition coefficient (Wildman–Crippen LogP) is 3.51. The Morgan fingerprint density at radius 1 is 1.17 bits per heavy atom. The van der Waals surface area contributed by atoms with Crippen LogP contribution in [0.5, 0.6) is 0 Å². The van der Waals surface area contributed by atoms with Gasteiger partial charge in [-0.25, -0.2) is 0 Å². The van der Waals surface area contributed by atoms with Gasteiger partial charge in [0.05, 0.1) is 12.0 Å². The summed E-state index contributed by atoms with van der Waals surface area (Å²) in [7, 11) is 0. The lowest BCUT2D eigenvalue weighted by Gasteiger charge is -2.22. The van der Waals surface area contributed by atoms with Crippen molar-refractivity contribution in [2.75, 3.05) is 26.2 Å². The summed E-state index contributed by atoms with van der Waals surface area (Å²) in [5, 5.41) is 0. The molecular formula is C14H30ClNO2. The number of nitrogens with zero attached hydrogens (tertiary/aromatic N) is 1. The van der Waals surface area contributed by atoms with Crippen LogP contribution in [0.3, 0.4) is 0 Å². The number of esters is 1. The standard InChI is InChI=1S/C14H29NO2.ClH/c1-6-10-14(4,5)13(16)17-12-9-11-15(7-2)8-3;/h6-12H2,1-5H3;1H. The van der Waals surface area contributed by atoms with Crippen molar-refractivity contribution in [2.24, 2.45) is 5.41 Å². The molecule has 3 nitrogen and oxygen atoms in total. The summed E-state index contributed by atoms with van der Waals surface area (Å²) in [6, 6.07) is 0. The molecule has 0 heterocycles. The molecule has 0 saturated heterocycles. The van der Waals surface area contributed by atoms with Gasteiger partial charge in [-0.1, -0.05) is 27.2 Å². The molecule has 0 aliphatic carbocycles. The van der Waals surface area contributed by atoms with Crippen LogP contribution in [0.4, 0.5) is 0 Å². The zero-order valence-corrected chi connectivity index (χ0v) is 13.4. The maximum Gasteiger partial charge on any atom is 0.311 e. The van der Waals surface area contributed by atoms with Crippen molar-refractivity contribution in [3.63, 3.8) is 0 Å². The normalized spacial score (nSPS) is 11.2. The van der Waals surface area contributed by atoms with Crippen LogP contribution in [0.1, 0.15) is 53.9 Å². The van der Waals surface area contributed by atoms with Gasteiger partial charge in [-0.2, -0.15) is 0 Å². The zero-order chi connectivity index (χ0) is 13.3. The first-order chi connectivity index (χ1) is 7.97. The van der Waals surface area contributed by atoms with Gasteiger partial charge in [-0.3, -0.25) is 4.79 Å². The Bertz CT molecular complexity index is 216. The van der Waals surface area contributed by atoms with Crippen molar-refractivity contribution in [3.8, 4) is 0 Å². The molecule has 0 aromatic heterocycles. The Hall–Kier alpha value is -0.280. The van der Waals surface area contributed by atoms with Gasteiger partial charge in [-0.15, -0.1) is 12.4 Å². The van der Waals surface area contributed by atoms with Crippen LogP contribution < -0.4 is 0 Å². The largest absolute Gasteiger partial charge is 0.465 e. The molecule has 0 radical (unpaired) electrons. The summed E-state index contributed by atoms with van der Waals surface area (Å²) in [5.41, 5.74) is -0.329. The number of halogens is 1. The van der Waals surface area contributed by atoms with Gasteiger partial charge < -0.3 is 9.64 Å². The summed E-state index contributed by atoms with van der Waals surface area (Å²) in [6.45, 7) is 14.0. The molecule has 0 amide bonds. The van der Waals surface area contributed by atoms with Gasteiger partial charge in [0.15, 0.2) is 0 Å². The molecule has 110 valence electrons. The maximum atomic E-state index is 11.8. The Kier molecular flexibility index (Phi) is 11.8. The number of hydrogen-bond donors (Lipinski definition) is 0. The lowest BCUT2D eigenvalue weighted by molar-refractivity contribution is -0.154. The van der Waals surface area contributed by atoms with E-state index in [9.17, 15) is 4.79 Å². The summed E-state index contributed by atoms with van der Waals surface area (Å²) in [5.74, 6) is -0.0566. The first-order valence-corrected chi connectivity index (χ1v) is 6.87. The van der Waals surface area contributed by atoms with E-state index in [0.29, 0.717) is 6.61 Å². The third-order valence-corrected chi connectivity index (χ3v) is 3.17. The second kappa shape index (κ2) is 10.6. The van der Waals surface area contributed by atoms with Crippen molar-refractivity contribution in [1.29, 1.82) is 0 Å². The van der Waals surface area contributed by atoms with Gasteiger partial charge in [0, 0.05) is 6.54 Å². The van der Waals surface area contributed by atoms with Gasteiger partial charge in [0.1, 0.15) is 0 Å². The van der Waals surface area contributed by atoms with Gasteiger partial charge in [-0.05, 0) is 39.8 Å². The fraction of sp³-hybridized carbons (Fsp3) is 0.929. The zero-order valence-electron chi connectivity index (χ0n) is 12.6. The topological polar surface area (TPSA) is 29.5 Å². The summed E-state index contributed by atoms with van der Waals surface area (Å²) in [4.78, 5) is 14.1. The summed E-state index contributed by atoms with van der Waals surface area (Å²) < 4.78 is 5.33. The van der Waals surface area contributed by atoms with Gasteiger partial charge in [0.2, 0.25) is 0 Å². The Labute approximate surface area is 119 Å². The lowest BCUT2D eigenvalue weighted by atomic mass is 9.88. The highest BCUT2D eigenvalue weighted by molar-refractivity contribution is 5.85. The number of hydrogen-bond acceptors (Lipinski definition) is 3. The minimum Gasteiger partial charge on any atom is -0.465 e. The van der Waals surface area contributed by atoms with Crippen LogP contribution in [0, 0.1) is 5.41 Å². The van der Waals surface area contributed by atoms with Crippen LogP contribution in [-0.4, -0.2) is 37.1 Å². The molecule has 0 aromatic carbocycles. The van der Waals surface area contributed by atoms with E-state index in [1.807, 2.05) is 13.8 Å². The molecule has 0 N–H and O–H groups in total. The predicted molar refractivity (Wildman–Crippen MR) is 79.3 cm³/mol. The molecule has 0 rings (SSSR count). The second-order valence-electron chi connectivity index (χ2n) is 5.15. The smallest absolute Gasteiger partial charge is 0.311 e. The van der Waals surface area contributed by atoms with E-state index in [1.165, 1.54) is 0 Å². The first kappa shape index (κ1) is 20.0. The molecule has 0 unspecified atom stereocenters. The molecule has 0 fully saturated rings. The molecule has 0 aromatic rings. The fourth-order valence-corrected chi connectivity index (χ4v) is 1.92. The highest BCUT2D eigenvalue weighted by Crippen LogP contribution is 2.23. The number of carbonyl (C=O) groups excluding carboxylic acids is 1. The summed E-state index contributed by atoms with van der Waals surface area (Å²) in [6.07, 6.45) is 2.83. The Morgan fingerprint density at radius 3 is 2.17 bits per heavy atom. The fourth-order valence-electron chi connectivity index (χ4n) is 1.92. The molecule has 0 spiro atoms. The van der Waals surface area contributed by atoms with E-state index in [0.717, 1.165) is 38.9 Å². The van der Waals surface area contributed by atoms with Crippen molar-refractivity contribution in [2.45, 2.75) is 53.9 Å². The first-order valence-electron chi connectivity index (χ1n) is 6.87. The van der Waals surface area contributed by atoms with Crippen LogP contribution in [0.2, 0.25) is 0 Å². The number of rotatable bonds is 9. The Morgan fingerprint density at radius 2 is 1.72 bits per heavy atom. The molecule has 0 atom stereocenters. The van der Waals surface area contributed by atoms with E-state index in [-0.39, 0.29) is 23.8 Å². The minimum atomic E-state index is -0.329. The third-order valence-electron chi connectivity index (χ3n) is 3.17. The molecule has 0 bridgehead atoms. The van der Waals surface area contributed by atoms with Crippen molar-refractivity contribution < 1.29 is 9.53 Å². The van der Waals surface area contributed by atoms with Crippen LogP contribution in [-0.2, 0) is 9.53 Å². The monoisotopic (exact) mass is 279 g/mol. The molecule has 0 saturated carbocycles. The molecular weight excluding hydrogens is 250 g/mol. The van der Waals surface area contributed by atoms with Crippen molar-refractivity contribution >= 4 is 18.4 Å². The molecule has 0 aliphatic rings. The third kappa shape index (κ3) is 7.93. The Balaban J connectivity index is 0. The van der Waals surface area contributed by atoms with E-state index in [1.54, 1.807) is 0 Å². The highest BCUT2D eigenvalue weighted by atomic mass is 35.5. The van der Waals surface area contributed by atoms with E-state index in [2.05, 4.69) is 25.7 Å². The van der Waals surface area contributed by atoms with E-state index in [4.69, 9.17) is 4.74 Å². The average molecular weight is 280 g/mol. The second-order valence-corrected chi connectivity index (χ2v) is 5.15. The van der Waals surface area contributed by atoms with Crippen molar-refractivity contribution in [1.82, 2.24) is 4.90 Å². The van der Waals surface area contributed by atoms with E-state index < -0.39 is 0 Å². The SMILES string of the molecule is CCCC(C)(C)C(=O)OCCCN(CC)CC.Cl. The van der Waals surface area contributed by atoms with E-state index >= 15 is 0 Å². The summed E-state index contributed by atoms with van der Waals surface area (Å²) >= 11 is 0.